The Hall–Kier alpha value is -0.650. The number of ether oxygens (including phenoxy) is 2. The normalized spacial score (nSPS) is 11.4. The van der Waals surface area contributed by atoms with Crippen molar-refractivity contribution in [1.82, 2.24) is 0 Å². The lowest BCUT2D eigenvalue weighted by Gasteiger charge is -2.16. The second kappa shape index (κ2) is 5.90. The summed E-state index contributed by atoms with van der Waals surface area (Å²) in [5.41, 5.74) is 9.73. The van der Waals surface area contributed by atoms with E-state index in [4.69, 9.17) is 20.9 Å². The lowest BCUT2D eigenvalue weighted by atomic mass is 10.1. The molecule has 78 valence electrons. The monoisotopic (exact) mass is 190 g/mol. The minimum absolute atomic E-state index is 0.222. The topological polar surface area (TPSA) is 87.6 Å². The fourth-order valence-corrected chi connectivity index (χ4v) is 0.565. The molecule has 0 saturated carbocycles. The van der Waals surface area contributed by atoms with Crippen molar-refractivity contribution in [1.29, 1.82) is 0 Å². The molecule has 0 unspecified atom stereocenters. The van der Waals surface area contributed by atoms with Gasteiger partial charge >= 0.3 is 5.97 Å². The molecule has 5 nitrogen and oxygen atoms in total. The molecule has 0 fully saturated rings. The lowest BCUT2D eigenvalue weighted by molar-refractivity contribution is -0.150. The van der Waals surface area contributed by atoms with E-state index in [0.717, 1.165) is 0 Å². The minimum atomic E-state index is -0.937. The molecule has 0 amide bonds. The second-order valence-electron chi connectivity index (χ2n) is 3.26. The Morgan fingerprint density at radius 3 is 2.38 bits per heavy atom. The molecule has 4 N–H and O–H groups in total. The zero-order valence-corrected chi connectivity index (χ0v) is 8.21. The van der Waals surface area contributed by atoms with Crippen LogP contribution >= 0.6 is 0 Å². The first-order chi connectivity index (χ1) is 5.98. The number of carbonyl (C=O) groups excluding carboxylic acids is 1. The van der Waals surface area contributed by atoms with Crippen LogP contribution < -0.4 is 11.5 Å². The Kier molecular flexibility index (Phi) is 5.61. The van der Waals surface area contributed by atoms with E-state index in [9.17, 15) is 4.79 Å². The van der Waals surface area contributed by atoms with Crippen molar-refractivity contribution in [3.8, 4) is 0 Å². The van der Waals surface area contributed by atoms with Gasteiger partial charge in [0.2, 0.25) is 0 Å². The molecule has 0 rings (SSSR count). The Morgan fingerprint density at radius 2 is 1.92 bits per heavy atom. The van der Waals surface area contributed by atoms with Crippen LogP contribution in [0.5, 0.6) is 0 Å². The van der Waals surface area contributed by atoms with Crippen LogP contribution in [0.4, 0.5) is 0 Å². The first-order valence-corrected chi connectivity index (χ1v) is 4.22. The van der Waals surface area contributed by atoms with Crippen LogP contribution in [0.3, 0.4) is 0 Å². The maximum absolute atomic E-state index is 11.1. The largest absolute Gasteiger partial charge is 0.462 e. The number of hydrogen-bond acceptors (Lipinski definition) is 5. The van der Waals surface area contributed by atoms with Crippen LogP contribution in [-0.4, -0.2) is 37.9 Å². The molecule has 0 heterocycles. The third-order valence-electron chi connectivity index (χ3n) is 1.25. The van der Waals surface area contributed by atoms with Gasteiger partial charge in [-0.25, -0.2) is 0 Å². The molecule has 0 radical (unpaired) electrons. The van der Waals surface area contributed by atoms with Gasteiger partial charge in [-0.05, 0) is 13.8 Å². The molecular formula is C8H18N2O3. The summed E-state index contributed by atoms with van der Waals surface area (Å²) in [5, 5.41) is 0. The summed E-state index contributed by atoms with van der Waals surface area (Å²) in [7, 11) is 0. The fraction of sp³-hybridized carbons (Fsp3) is 0.875. The highest BCUT2D eigenvalue weighted by Gasteiger charge is 2.23. The average molecular weight is 190 g/mol. The van der Waals surface area contributed by atoms with E-state index in [0.29, 0.717) is 19.8 Å². The Morgan fingerprint density at radius 1 is 1.31 bits per heavy atom. The summed E-state index contributed by atoms with van der Waals surface area (Å²) in [6.45, 7) is 4.71. The van der Waals surface area contributed by atoms with Crippen molar-refractivity contribution in [3.05, 3.63) is 0 Å². The molecule has 0 atom stereocenters. The smallest absolute Gasteiger partial charge is 0.325 e. The molecule has 0 bridgehead atoms. The van der Waals surface area contributed by atoms with E-state index in [1.54, 1.807) is 13.8 Å². The van der Waals surface area contributed by atoms with Gasteiger partial charge in [0, 0.05) is 6.54 Å². The highest BCUT2D eigenvalue weighted by Crippen LogP contribution is 1.99. The summed E-state index contributed by atoms with van der Waals surface area (Å²) in [6.07, 6.45) is 0. The van der Waals surface area contributed by atoms with Gasteiger partial charge in [-0.15, -0.1) is 0 Å². The van der Waals surface area contributed by atoms with Crippen LogP contribution in [0.25, 0.3) is 0 Å². The quantitative estimate of drug-likeness (QED) is 0.424. The van der Waals surface area contributed by atoms with E-state index in [1.165, 1.54) is 0 Å². The van der Waals surface area contributed by atoms with Crippen LogP contribution in [0.2, 0.25) is 0 Å². The summed E-state index contributed by atoms with van der Waals surface area (Å²) < 4.78 is 9.83. The number of hydrogen-bond donors (Lipinski definition) is 2. The van der Waals surface area contributed by atoms with Crippen LogP contribution in [0, 0.1) is 0 Å². The lowest BCUT2D eigenvalue weighted by Crippen LogP contribution is -2.43. The molecule has 0 aromatic heterocycles. The molecule has 0 aromatic carbocycles. The van der Waals surface area contributed by atoms with Crippen molar-refractivity contribution >= 4 is 5.97 Å². The van der Waals surface area contributed by atoms with Crippen molar-refractivity contribution in [2.24, 2.45) is 11.5 Å². The Balaban J connectivity index is 3.38. The second-order valence-corrected chi connectivity index (χ2v) is 3.26. The van der Waals surface area contributed by atoms with Crippen LogP contribution in [0.15, 0.2) is 0 Å². The van der Waals surface area contributed by atoms with E-state index < -0.39 is 11.5 Å². The zero-order valence-electron chi connectivity index (χ0n) is 8.21. The molecule has 13 heavy (non-hydrogen) atoms. The highest BCUT2D eigenvalue weighted by atomic mass is 16.6. The van der Waals surface area contributed by atoms with Crippen molar-refractivity contribution in [3.63, 3.8) is 0 Å². The number of carbonyl (C=O) groups is 1. The van der Waals surface area contributed by atoms with Gasteiger partial charge in [-0.3, -0.25) is 4.79 Å². The summed E-state index contributed by atoms with van der Waals surface area (Å²) in [4.78, 5) is 11.1. The standard InChI is InChI=1S/C8H18N2O3/c1-8(2,10)7(11)13-6-5-12-4-3-9/h3-6,9-10H2,1-2H3. The van der Waals surface area contributed by atoms with Crippen molar-refractivity contribution < 1.29 is 14.3 Å². The Labute approximate surface area is 78.4 Å². The average Bonchev–Trinajstić information content (AvgIpc) is 2.02. The minimum Gasteiger partial charge on any atom is -0.462 e. The van der Waals surface area contributed by atoms with Crippen molar-refractivity contribution in [2.75, 3.05) is 26.4 Å². The molecule has 0 aliphatic heterocycles. The first-order valence-electron chi connectivity index (χ1n) is 4.22. The fourth-order valence-electron chi connectivity index (χ4n) is 0.565. The molecule has 0 aliphatic rings. The molecule has 0 aromatic rings. The predicted molar refractivity (Wildman–Crippen MR) is 49.1 cm³/mol. The zero-order chi connectivity index (χ0) is 10.3. The van der Waals surface area contributed by atoms with Crippen LogP contribution in [-0.2, 0) is 14.3 Å². The van der Waals surface area contributed by atoms with Gasteiger partial charge < -0.3 is 20.9 Å². The SMILES string of the molecule is CC(C)(N)C(=O)OCCOCCN. The first kappa shape index (κ1) is 12.3. The maximum atomic E-state index is 11.1. The van der Waals surface area contributed by atoms with Crippen LogP contribution in [0.1, 0.15) is 13.8 Å². The van der Waals surface area contributed by atoms with E-state index >= 15 is 0 Å². The highest BCUT2D eigenvalue weighted by molar-refractivity contribution is 5.79. The summed E-state index contributed by atoms with van der Waals surface area (Å²) in [5.74, 6) is -0.427. The van der Waals surface area contributed by atoms with E-state index in [2.05, 4.69) is 0 Å². The van der Waals surface area contributed by atoms with E-state index in [-0.39, 0.29) is 6.61 Å². The number of nitrogens with two attached hydrogens (primary N) is 2. The molecule has 0 saturated heterocycles. The van der Waals surface area contributed by atoms with Gasteiger partial charge in [0.1, 0.15) is 12.1 Å². The number of rotatable bonds is 6. The van der Waals surface area contributed by atoms with Gasteiger partial charge in [0.25, 0.3) is 0 Å². The van der Waals surface area contributed by atoms with Gasteiger partial charge in [0.15, 0.2) is 0 Å². The molecule has 5 heteroatoms. The van der Waals surface area contributed by atoms with Gasteiger partial charge in [0.05, 0.1) is 13.2 Å². The number of esters is 1. The third kappa shape index (κ3) is 6.51. The third-order valence-corrected chi connectivity index (χ3v) is 1.25. The molecule has 0 aliphatic carbocycles. The van der Waals surface area contributed by atoms with Gasteiger partial charge in [-0.1, -0.05) is 0 Å². The van der Waals surface area contributed by atoms with Crippen molar-refractivity contribution in [2.45, 2.75) is 19.4 Å². The van der Waals surface area contributed by atoms with E-state index in [1.807, 2.05) is 0 Å². The van der Waals surface area contributed by atoms with Gasteiger partial charge in [-0.2, -0.15) is 0 Å². The molecular weight excluding hydrogens is 172 g/mol. The summed E-state index contributed by atoms with van der Waals surface area (Å²) in [6, 6.07) is 0. The maximum Gasteiger partial charge on any atom is 0.325 e. The Bertz CT molecular complexity index is 154. The predicted octanol–water partition coefficient (Wildman–Crippen LogP) is -0.758. The summed E-state index contributed by atoms with van der Waals surface area (Å²) >= 11 is 0. The molecule has 0 spiro atoms.